The molecule has 0 fully saturated rings. The van der Waals surface area contributed by atoms with Crippen LogP contribution in [0.5, 0.6) is 11.5 Å². The molecule has 206 valence electrons. The monoisotopic (exact) mass is 572 g/mol. The third kappa shape index (κ3) is 3.91. The Hall–Kier alpha value is -4.90. The maximum absolute atomic E-state index is 8.50. The molecule has 0 radical (unpaired) electrons. The second-order valence-corrected chi connectivity index (χ2v) is 12.1. The standard InChI is InChI=1S/C39H28N2OS/c40-37(26-11-2-1-3-12-26)43-38(41)27-23-21-25(22-24-27)28-15-10-19-34-36(28)42-35-20-9-8-18-33(35)39(34)31-16-6-4-13-29(31)30-14-5-7-17-32(30)39/h1-24,38,40H,41H2. The Bertz CT molecular complexity index is 1970. The summed E-state index contributed by atoms with van der Waals surface area (Å²) in [4.78, 5) is 0. The molecule has 4 heteroatoms. The highest BCUT2D eigenvalue weighted by molar-refractivity contribution is 8.14. The Morgan fingerprint density at radius 3 is 1.84 bits per heavy atom. The lowest BCUT2D eigenvalue weighted by atomic mass is 9.65. The maximum atomic E-state index is 8.50. The lowest BCUT2D eigenvalue weighted by molar-refractivity contribution is 0.438. The number of hydrogen-bond acceptors (Lipinski definition) is 4. The van der Waals surface area contributed by atoms with E-state index in [0.29, 0.717) is 5.04 Å². The summed E-state index contributed by atoms with van der Waals surface area (Å²) in [5.41, 5.74) is 17.4. The zero-order chi connectivity index (χ0) is 29.0. The number of benzene rings is 6. The number of fused-ring (bicyclic) bond motifs is 9. The van der Waals surface area contributed by atoms with Crippen LogP contribution < -0.4 is 10.5 Å². The normalized spacial score (nSPS) is 14.2. The smallest absolute Gasteiger partial charge is 0.140 e. The van der Waals surface area contributed by atoms with E-state index < -0.39 is 5.41 Å². The van der Waals surface area contributed by atoms with Crippen molar-refractivity contribution in [3.8, 4) is 33.8 Å². The minimum Gasteiger partial charge on any atom is -0.456 e. The van der Waals surface area contributed by atoms with Crippen LogP contribution in [0.2, 0.25) is 0 Å². The molecule has 6 aromatic carbocycles. The second kappa shape index (κ2) is 10.1. The summed E-state index contributed by atoms with van der Waals surface area (Å²) in [6.07, 6.45) is 0. The van der Waals surface area contributed by atoms with Crippen LogP contribution in [-0.4, -0.2) is 5.04 Å². The molecule has 0 saturated heterocycles. The minimum absolute atomic E-state index is 0.343. The summed E-state index contributed by atoms with van der Waals surface area (Å²) in [6.45, 7) is 0. The highest BCUT2D eigenvalue weighted by Gasteiger charge is 2.51. The van der Waals surface area contributed by atoms with E-state index in [9.17, 15) is 0 Å². The van der Waals surface area contributed by atoms with Gasteiger partial charge >= 0.3 is 0 Å². The first-order valence-electron chi connectivity index (χ1n) is 14.4. The molecule has 1 heterocycles. The van der Waals surface area contributed by atoms with Crippen molar-refractivity contribution in [3.63, 3.8) is 0 Å². The molecule has 1 atom stereocenters. The fourth-order valence-electron chi connectivity index (χ4n) is 6.81. The van der Waals surface area contributed by atoms with E-state index in [1.165, 1.54) is 34.0 Å². The van der Waals surface area contributed by atoms with Gasteiger partial charge in [-0.15, -0.1) is 0 Å². The van der Waals surface area contributed by atoms with Crippen molar-refractivity contribution >= 4 is 16.8 Å². The summed E-state index contributed by atoms with van der Waals surface area (Å²) < 4.78 is 6.80. The number of para-hydroxylation sites is 2. The number of ether oxygens (including phenoxy) is 1. The summed E-state index contributed by atoms with van der Waals surface area (Å²) in [5.74, 6) is 1.76. The zero-order valence-electron chi connectivity index (χ0n) is 23.3. The van der Waals surface area contributed by atoms with E-state index in [2.05, 4.69) is 109 Å². The van der Waals surface area contributed by atoms with Crippen LogP contribution >= 0.6 is 11.8 Å². The average molecular weight is 573 g/mol. The molecule has 1 aliphatic heterocycles. The molecular weight excluding hydrogens is 545 g/mol. The minimum atomic E-state index is -0.482. The SMILES string of the molecule is N=C(SC(N)c1ccc(-c2cccc3c2Oc2ccccc2C32c3ccccc3-c3ccccc32)cc1)c1ccccc1. The topological polar surface area (TPSA) is 59.1 Å². The Kier molecular flexibility index (Phi) is 6.07. The van der Waals surface area contributed by atoms with Gasteiger partial charge < -0.3 is 10.5 Å². The molecule has 1 aliphatic carbocycles. The Morgan fingerprint density at radius 1 is 0.581 bits per heavy atom. The van der Waals surface area contributed by atoms with Crippen molar-refractivity contribution in [2.75, 3.05) is 0 Å². The van der Waals surface area contributed by atoms with Gasteiger partial charge in [-0.25, -0.2) is 0 Å². The molecule has 0 amide bonds. The van der Waals surface area contributed by atoms with Gasteiger partial charge in [0.25, 0.3) is 0 Å². The van der Waals surface area contributed by atoms with Gasteiger partial charge in [-0.05, 0) is 39.4 Å². The van der Waals surface area contributed by atoms with Crippen molar-refractivity contribution in [1.29, 1.82) is 5.41 Å². The Balaban J connectivity index is 1.24. The molecule has 0 bridgehead atoms. The predicted molar refractivity (Wildman–Crippen MR) is 177 cm³/mol. The lowest BCUT2D eigenvalue weighted by Gasteiger charge is -2.40. The first-order chi connectivity index (χ1) is 21.2. The number of rotatable bonds is 4. The van der Waals surface area contributed by atoms with E-state index in [1.54, 1.807) is 0 Å². The van der Waals surface area contributed by atoms with Gasteiger partial charge in [0.05, 0.1) is 15.8 Å². The van der Waals surface area contributed by atoms with Gasteiger partial charge in [-0.2, -0.15) is 0 Å². The Labute approximate surface area is 255 Å². The number of nitrogens with two attached hydrogens (primary N) is 1. The molecule has 3 N–H and O–H groups in total. The molecule has 3 nitrogen and oxygen atoms in total. The lowest BCUT2D eigenvalue weighted by Crippen LogP contribution is -2.32. The molecule has 8 rings (SSSR count). The quantitative estimate of drug-likeness (QED) is 0.125. The molecule has 0 saturated carbocycles. The second-order valence-electron chi connectivity index (χ2n) is 11.0. The number of thioether (sulfide) groups is 1. The van der Waals surface area contributed by atoms with E-state index in [0.717, 1.165) is 44.9 Å². The summed E-state index contributed by atoms with van der Waals surface area (Å²) in [6, 6.07) is 50.6. The summed E-state index contributed by atoms with van der Waals surface area (Å²) in [5, 5.41) is 8.62. The van der Waals surface area contributed by atoms with Gasteiger partial charge in [-0.3, -0.25) is 5.41 Å². The van der Waals surface area contributed by atoms with Crippen LogP contribution in [0.3, 0.4) is 0 Å². The highest BCUT2D eigenvalue weighted by Crippen LogP contribution is 2.63. The van der Waals surface area contributed by atoms with E-state index in [4.69, 9.17) is 15.9 Å². The van der Waals surface area contributed by atoms with Crippen LogP contribution in [0, 0.1) is 5.41 Å². The van der Waals surface area contributed by atoms with Gasteiger partial charge in [0.15, 0.2) is 0 Å². The summed E-state index contributed by atoms with van der Waals surface area (Å²) >= 11 is 1.36. The van der Waals surface area contributed by atoms with Crippen molar-refractivity contribution < 1.29 is 4.74 Å². The number of hydrogen-bond donors (Lipinski definition) is 2. The maximum Gasteiger partial charge on any atom is 0.140 e. The Morgan fingerprint density at radius 2 is 1.14 bits per heavy atom. The predicted octanol–water partition coefficient (Wildman–Crippen LogP) is 9.54. The van der Waals surface area contributed by atoms with Crippen LogP contribution in [-0.2, 0) is 5.41 Å². The van der Waals surface area contributed by atoms with E-state index in [1.807, 2.05) is 36.4 Å². The van der Waals surface area contributed by atoms with E-state index >= 15 is 0 Å². The van der Waals surface area contributed by atoms with Crippen LogP contribution in [0.4, 0.5) is 0 Å². The largest absolute Gasteiger partial charge is 0.456 e. The molecular formula is C39H28N2OS. The fraction of sp³-hybridized carbons (Fsp3) is 0.0513. The van der Waals surface area contributed by atoms with Gasteiger partial charge in [-0.1, -0.05) is 151 Å². The van der Waals surface area contributed by atoms with Crippen LogP contribution in [0.25, 0.3) is 22.3 Å². The molecule has 2 aliphatic rings. The summed E-state index contributed by atoms with van der Waals surface area (Å²) in [7, 11) is 0. The molecule has 6 aromatic rings. The number of nitrogens with one attached hydrogen (secondary N) is 1. The molecule has 0 aromatic heterocycles. The third-order valence-corrected chi connectivity index (χ3v) is 9.70. The van der Waals surface area contributed by atoms with Crippen molar-refractivity contribution in [2.45, 2.75) is 10.8 Å². The third-order valence-electron chi connectivity index (χ3n) is 8.71. The first kappa shape index (κ1) is 25.8. The molecule has 43 heavy (non-hydrogen) atoms. The average Bonchev–Trinajstić information content (AvgIpc) is 3.36. The zero-order valence-corrected chi connectivity index (χ0v) is 24.1. The molecule has 1 unspecified atom stereocenters. The van der Waals surface area contributed by atoms with E-state index in [-0.39, 0.29) is 5.37 Å². The van der Waals surface area contributed by atoms with Gasteiger partial charge in [0.1, 0.15) is 11.5 Å². The van der Waals surface area contributed by atoms with Gasteiger partial charge in [0, 0.05) is 22.3 Å². The first-order valence-corrected chi connectivity index (χ1v) is 15.3. The van der Waals surface area contributed by atoms with Crippen LogP contribution in [0.1, 0.15) is 38.8 Å². The van der Waals surface area contributed by atoms with Crippen molar-refractivity contribution in [2.24, 2.45) is 5.73 Å². The molecule has 1 spiro atoms. The fourth-order valence-corrected chi connectivity index (χ4v) is 7.63. The van der Waals surface area contributed by atoms with Gasteiger partial charge in [0.2, 0.25) is 0 Å². The highest BCUT2D eigenvalue weighted by atomic mass is 32.2. The van der Waals surface area contributed by atoms with Crippen LogP contribution in [0.15, 0.2) is 146 Å². The van der Waals surface area contributed by atoms with Crippen molar-refractivity contribution in [3.05, 3.63) is 179 Å². The van der Waals surface area contributed by atoms with Crippen molar-refractivity contribution in [1.82, 2.24) is 0 Å².